The second kappa shape index (κ2) is 4.60. The molecule has 1 amide bonds. The van der Waals surface area contributed by atoms with Gasteiger partial charge >= 0.3 is 0 Å². The highest BCUT2D eigenvalue weighted by Crippen LogP contribution is 2.35. The third-order valence-electron chi connectivity index (χ3n) is 4.73. The molecule has 1 N–H and O–H groups in total. The Kier molecular flexibility index (Phi) is 3.12. The van der Waals surface area contributed by atoms with Gasteiger partial charge in [0.05, 0.1) is 12.2 Å². The number of nitrogens with one attached hydrogen (secondary N) is 1. The monoisotopic (exact) mass is 236 g/mol. The summed E-state index contributed by atoms with van der Waals surface area (Å²) in [6, 6.07) is 0.0415. The van der Waals surface area contributed by atoms with Crippen LogP contribution < -0.4 is 5.32 Å². The van der Waals surface area contributed by atoms with Crippen LogP contribution >= 0.6 is 0 Å². The topological polar surface area (TPSA) is 32.3 Å². The predicted octanol–water partition coefficient (Wildman–Crippen LogP) is 2.12. The van der Waals surface area contributed by atoms with Crippen LogP contribution in [0.2, 0.25) is 0 Å². The molecule has 17 heavy (non-hydrogen) atoms. The average Bonchev–Trinajstić information content (AvgIpc) is 2.90. The summed E-state index contributed by atoms with van der Waals surface area (Å²) in [7, 11) is 0. The first-order valence-electron chi connectivity index (χ1n) is 7.32. The lowest BCUT2D eigenvalue weighted by Gasteiger charge is -2.29. The number of nitrogens with zero attached hydrogens (tertiary/aromatic N) is 1. The van der Waals surface area contributed by atoms with E-state index in [9.17, 15) is 4.79 Å². The van der Waals surface area contributed by atoms with Gasteiger partial charge in [0.15, 0.2) is 0 Å². The van der Waals surface area contributed by atoms with Gasteiger partial charge in [-0.2, -0.15) is 0 Å². The molecule has 2 atom stereocenters. The summed E-state index contributed by atoms with van der Waals surface area (Å²) >= 11 is 0. The Morgan fingerprint density at radius 2 is 1.94 bits per heavy atom. The Balaban J connectivity index is 1.63. The van der Waals surface area contributed by atoms with Crippen LogP contribution in [0.4, 0.5) is 0 Å². The van der Waals surface area contributed by atoms with Crippen LogP contribution in [-0.2, 0) is 4.79 Å². The van der Waals surface area contributed by atoms with E-state index in [2.05, 4.69) is 10.2 Å². The first kappa shape index (κ1) is 11.5. The van der Waals surface area contributed by atoms with Crippen LogP contribution in [0.3, 0.4) is 0 Å². The van der Waals surface area contributed by atoms with E-state index < -0.39 is 0 Å². The third-order valence-corrected chi connectivity index (χ3v) is 4.73. The number of rotatable bonds is 4. The van der Waals surface area contributed by atoms with Crippen molar-refractivity contribution in [2.45, 2.75) is 64.1 Å². The third kappa shape index (κ3) is 2.35. The minimum absolute atomic E-state index is 0.0415. The average molecular weight is 236 g/mol. The zero-order valence-electron chi connectivity index (χ0n) is 10.8. The van der Waals surface area contributed by atoms with E-state index >= 15 is 0 Å². The highest BCUT2D eigenvalue weighted by Gasteiger charge is 2.41. The Morgan fingerprint density at radius 3 is 2.59 bits per heavy atom. The maximum Gasteiger partial charge on any atom is 0.240 e. The largest absolute Gasteiger partial charge is 0.326 e. The van der Waals surface area contributed by atoms with Gasteiger partial charge in [-0.15, -0.1) is 0 Å². The Labute approximate surface area is 104 Å². The minimum atomic E-state index is 0.0415. The SMILES string of the molecule is CC1NC(C2CCCC2)N(CCC2CC2)C1=O. The normalized spacial score (nSPS) is 34.9. The predicted molar refractivity (Wildman–Crippen MR) is 67.4 cm³/mol. The molecule has 0 radical (unpaired) electrons. The summed E-state index contributed by atoms with van der Waals surface area (Å²) in [5.74, 6) is 1.97. The second-order valence-corrected chi connectivity index (χ2v) is 6.14. The summed E-state index contributed by atoms with van der Waals surface area (Å²) in [6.45, 7) is 3.00. The Bertz CT molecular complexity index is 295. The molecule has 1 aliphatic heterocycles. The van der Waals surface area contributed by atoms with Crippen LogP contribution in [0.5, 0.6) is 0 Å². The molecule has 0 bridgehead atoms. The lowest BCUT2D eigenvalue weighted by molar-refractivity contribution is -0.130. The second-order valence-electron chi connectivity index (χ2n) is 6.14. The van der Waals surface area contributed by atoms with Gasteiger partial charge < -0.3 is 4.90 Å². The summed E-state index contributed by atoms with van der Waals surface area (Å²) in [4.78, 5) is 14.3. The molecule has 96 valence electrons. The van der Waals surface area contributed by atoms with Crippen molar-refractivity contribution in [3.05, 3.63) is 0 Å². The summed E-state index contributed by atoms with van der Waals surface area (Å²) in [5, 5.41) is 3.52. The van der Waals surface area contributed by atoms with Gasteiger partial charge in [0.25, 0.3) is 0 Å². The van der Waals surface area contributed by atoms with Gasteiger partial charge in [-0.3, -0.25) is 10.1 Å². The molecule has 3 rings (SSSR count). The molecule has 0 spiro atoms. The van der Waals surface area contributed by atoms with E-state index in [1.165, 1.54) is 44.9 Å². The van der Waals surface area contributed by atoms with E-state index in [4.69, 9.17) is 0 Å². The number of carbonyl (C=O) groups is 1. The molecular weight excluding hydrogens is 212 g/mol. The standard InChI is InChI=1S/C14H24N2O/c1-10-14(17)16(9-8-11-6-7-11)13(15-10)12-4-2-3-5-12/h10-13,15H,2-9H2,1H3. The van der Waals surface area contributed by atoms with Gasteiger partial charge in [-0.25, -0.2) is 0 Å². The van der Waals surface area contributed by atoms with E-state index in [-0.39, 0.29) is 6.04 Å². The minimum Gasteiger partial charge on any atom is -0.326 e. The molecule has 3 aliphatic rings. The van der Waals surface area contributed by atoms with E-state index in [0.29, 0.717) is 18.0 Å². The molecule has 3 nitrogen and oxygen atoms in total. The van der Waals surface area contributed by atoms with Crippen LogP contribution in [0, 0.1) is 11.8 Å². The fraction of sp³-hybridized carbons (Fsp3) is 0.929. The van der Waals surface area contributed by atoms with Gasteiger partial charge in [-0.05, 0) is 38.0 Å². The van der Waals surface area contributed by atoms with Crippen molar-refractivity contribution >= 4 is 5.91 Å². The van der Waals surface area contributed by atoms with Crippen molar-refractivity contribution in [1.29, 1.82) is 0 Å². The van der Waals surface area contributed by atoms with Crippen molar-refractivity contribution in [2.75, 3.05) is 6.54 Å². The molecular formula is C14H24N2O. The molecule has 2 aliphatic carbocycles. The number of amides is 1. The first-order chi connectivity index (χ1) is 8.25. The summed E-state index contributed by atoms with van der Waals surface area (Å²) in [5.41, 5.74) is 0. The zero-order chi connectivity index (χ0) is 11.8. The van der Waals surface area contributed by atoms with Crippen LogP contribution in [0.1, 0.15) is 51.9 Å². The molecule has 1 heterocycles. The molecule has 0 aromatic carbocycles. The fourth-order valence-corrected chi connectivity index (χ4v) is 3.44. The van der Waals surface area contributed by atoms with Crippen molar-refractivity contribution in [3.63, 3.8) is 0 Å². The molecule has 3 heteroatoms. The zero-order valence-corrected chi connectivity index (χ0v) is 10.8. The van der Waals surface area contributed by atoms with Gasteiger partial charge in [0.1, 0.15) is 0 Å². The summed E-state index contributed by atoms with van der Waals surface area (Å²) < 4.78 is 0. The quantitative estimate of drug-likeness (QED) is 0.811. The molecule has 2 unspecified atom stereocenters. The van der Waals surface area contributed by atoms with E-state index in [1.807, 2.05) is 6.92 Å². The summed E-state index contributed by atoms with van der Waals surface area (Å²) in [6.07, 6.45) is 9.65. The number of hydrogen-bond donors (Lipinski definition) is 1. The lowest BCUT2D eigenvalue weighted by atomic mass is 10.0. The van der Waals surface area contributed by atoms with Crippen LogP contribution in [0.25, 0.3) is 0 Å². The van der Waals surface area contributed by atoms with E-state index in [1.54, 1.807) is 0 Å². The maximum atomic E-state index is 12.2. The molecule has 0 aromatic heterocycles. The highest BCUT2D eigenvalue weighted by molar-refractivity contribution is 5.83. The maximum absolute atomic E-state index is 12.2. The van der Waals surface area contributed by atoms with Crippen molar-refractivity contribution in [3.8, 4) is 0 Å². The Morgan fingerprint density at radius 1 is 1.24 bits per heavy atom. The highest BCUT2D eigenvalue weighted by atomic mass is 16.2. The molecule has 1 saturated heterocycles. The van der Waals surface area contributed by atoms with Gasteiger partial charge in [0, 0.05) is 6.54 Å². The van der Waals surface area contributed by atoms with Crippen LogP contribution in [0.15, 0.2) is 0 Å². The van der Waals surface area contributed by atoms with Gasteiger partial charge in [0.2, 0.25) is 5.91 Å². The first-order valence-corrected chi connectivity index (χ1v) is 7.32. The van der Waals surface area contributed by atoms with Crippen molar-refractivity contribution in [1.82, 2.24) is 10.2 Å². The number of carbonyl (C=O) groups excluding carboxylic acids is 1. The smallest absolute Gasteiger partial charge is 0.240 e. The fourth-order valence-electron chi connectivity index (χ4n) is 3.44. The van der Waals surface area contributed by atoms with Crippen molar-refractivity contribution < 1.29 is 4.79 Å². The number of hydrogen-bond acceptors (Lipinski definition) is 2. The molecule has 0 aromatic rings. The van der Waals surface area contributed by atoms with Gasteiger partial charge in [-0.1, -0.05) is 25.7 Å². The van der Waals surface area contributed by atoms with Crippen LogP contribution in [-0.4, -0.2) is 29.6 Å². The lowest BCUT2D eigenvalue weighted by Crippen LogP contribution is -2.43. The molecule has 2 saturated carbocycles. The molecule has 3 fully saturated rings. The van der Waals surface area contributed by atoms with Crippen molar-refractivity contribution in [2.24, 2.45) is 11.8 Å². The Hall–Kier alpha value is -0.570. The van der Waals surface area contributed by atoms with E-state index in [0.717, 1.165) is 12.5 Å².